The minimum Gasteiger partial charge on any atom is -0.492 e. The number of carboxylic acids is 1. The van der Waals surface area contributed by atoms with E-state index in [4.69, 9.17) is 14.2 Å². The molecule has 3 heterocycles. The fraction of sp³-hybridized carbons (Fsp3) is 0.419. The van der Waals surface area contributed by atoms with E-state index in [-0.39, 0.29) is 60.6 Å². The summed E-state index contributed by atoms with van der Waals surface area (Å²) in [5.41, 5.74) is -0.838. The molecule has 2 atom stereocenters. The number of ether oxygens (including phenoxy) is 3. The number of aromatic carboxylic acids is 1. The molecule has 2 saturated heterocycles. The maximum atomic E-state index is 15.1. The lowest BCUT2D eigenvalue weighted by Gasteiger charge is -2.27. The highest BCUT2D eigenvalue weighted by Crippen LogP contribution is 2.43. The Bertz CT molecular complexity index is 1760. The number of nitrogens with zero attached hydrogens (tertiary/aromatic N) is 3. The maximum absolute atomic E-state index is 15.1. The molecule has 3 aliphatic rings. The van der Waals surface area contributed by atoms with Crippen molar-refractivity contribution in [2.24, 2.45) is 0 Å². The third kappa shape index (κ3) is 5.84. The molecule has 3 fully saturated rings. The average molecular weight is 625 g/mol. The topological polar surface area (TPSA) is 160 Å². The number of hydrogen-bond donors (Lipinski definition) is 3. The molecule has 1 aliphatic carbocycles. The van der Waals surface area contributed by atoms with E-state index < -0.39 is 35.0 Å². The summed E-state index contributed by atoms with van der Waals surface area (Å²) in [6.45, 7) is 1.98. The van der Waals surface area contributed by atoms with Crippen LogP contribution in [0.1, 0.15) is 42.6 Å². The minimum atomic E-state index is -1.34. The van der Waals surface area contributed by atoms with Crippen LogP contribution >= 0.6 is 0 Å². The molecule has 1 saturated carbocycles. The van der Waals surface area contributed by atoms with Crippen LogP contribution in [-0.2, 0) is 9.53 Å². The molecule has 1 aromatic heterocycles. The van der Waals surface area contributed by atoms with Gasteiger partial charge < -0.3 is 39.2 Å². The van der Waals surface area contributed by atoms with Crippen molar-refractivity contribution < 1.29 is 43.2 Å². The highest BCUT2D eigenvalue weighted by atomic mass is 19.1. The molecule has 2 aliphatic heterocycles. The Morgan fingerprint density at radius 2 is 1.98 bits per heavy atom. The molecular formula is C31H33FN4O9. The van der Waals surface area contributed by atoms with Crippen LogP contribution in [0.25, 0.3) is 10.9 Å². The number of cyclic esters (lactones) is 1. The molecule has 3 N–H and O–H groups in total. The average Bonchev–Trinajstić information content (AvgIpc) is 3.67. The van der Waals surface area contributed by atoms with Gasteiger partial charge in [0.15, 0.2) is 17.3 Å². The smallest absolute Gasteiger partial charge is 0.414 e. The third-order valence-electron chi connectivity index (χ3n) is 8.35. The van der Waals surface area contributed by atoms with Crippen molar-refractivity contribution in [3.05, 3.63) is 58.1 Å². The number of hydrogen-bond acceptors (Lipinski definition) is 9. The second-order valence-corrected chi connectivity index (χ2v) is 11.7. The number of halogens is 1. The molecule has 2 aromatic carbocycles. The van der Waals surface area contributed by atoms with E-state index in [1.54, 1.807) is 16.7 Å². The number of β-amino-alcohol motifs (C(OH)–C–C–N with tert-alkyl or cyclic N) is 1. The first-order valence-corrected chi connectivity index (χ1v) is 14.6. The molecule has 0 radical (unpaired) electrons. The van der Waals surface area contributed by atoms with E-state index >= 15 is 4.39 Å². The zero-order chi connectivity index (χ0) is 32.0. The molecule has 238 valence electrons. The molecular weight excluding hydrogens is 591 g/mol. The lowest BCUT2D eigenvalue weighted by atomic mass is 10.1. The number of nitrogens with one attached hydrogen (secondary N) is 1. The quantitative estimate of drug-likeness (QED) is 0.306. The van der Waals surface area contributed by atoms with E-state index in [2.05, 4.69) is 5.32 Å². The molecule has 0 spiro atoms. The monoisotopic (exact) mass is 624 g/mol. The molecule has 3 aromatic rings. The van der Waals surface area contributed by atoms with Crippen molar-refractivity contribution >= 4 is 40.2 Å². The lowest BCUT2D eigenvalue weighted by molar-refractivity contribution is -0.119. The SMILES string of the molecule is COc1c(N2CCC(O)(COc3ccc(N4CC(CNC(C)=O)OC4=O)cc3F)C2)ccc2c(=O)c(C(=O)O)cn(C3CC3)c12. The Morgan fingerprint density at radius 3 is 2.64 bits per heavy atom. The number of anilines is 2. The molecule has 14 heteroatoms. The first-order valence-electron chi connectivity index (χ1n) is 14.6. The first kappa shape index (κ1) is 30.2. The predicted molar refractivity (Wildman–Crippen MR) is 160 cm³/mol. The Balaban J connectivity index is 1.17. The van der Waals surface area contributed by atoms with Crippen LogP contribution in [0.15, 0.2) is 41.3 Å². The van der Waals surface area contributed by atoms with Crippen LogP contribution in [0.4, 0.5) is 20.6 Å². The maximum Gasteiger partial charge on any atom is 0.414 e. The van der Waals surface area contributed by atoms with Crippen molar-refractivity contribution in [3.8, 4) is 11.5 Å². The summed E-state index contributed by atoms with van der Waals surface area (Å²) in [5, 5.41) is 23.8. The minimum absolute atomic E-state index is 0.0572. The fourth-order valence-corrected chi connectivity index (χ4v) is 5.91. The number of methoxy groups -OCH3 is 1. The summed E-state index contributed by atoms with van der Waals surface area (Å²) in [5.74, 6) is -1.96. The molecule has 0 bridgehead atoms. The summed E-state index contributed by atoms with van der Waals surface area (Å²) in [6.07, 6.45) is 2.16. The van der Waals surface area contributed by atoms with Crippen molar-refractivity contribution in [3.63, 3.8) is 0 Å². The fourth-order valence-electron chi connectivity index (χ4n) is 5.91. The zero-order valence-corrected chi connectivity index (χ0v) is 24.7. The van der Waals surface area contributed by atoms with E-state index in [0.717, 1.165) is 18.9 Å². The second-order valence-electron chi connectivity index (χ2n) is 11.7. The summed E-state index contributed by atoms with van der Waals surface area (Å²) in [7, 11) is 1.48. The van der Waals surface area contributed by atoms with E-state index in [1.807, 2.05) is 4.90 Å². The summed E-state index contributed by atoms with van der Waals surface area (Å²) in [4.78, 5) is 51.4. The number of amides is 2. The van der Waals surface area contributed by atoms with Crippen LogP contribution in [-0.4, -0.2) is 84.4 Å². The van der Waals surface area contributed by atoms with E-state index in [9.17, 15) is 29.4 Å². The number of carbonyl (C=O) groups is 3. The van der Waals surface area contributed by atoms with Gasteiger partial charge in [-0.3, -0.25) is 14.5 Å². The second kappa shape index (κ2) is 11.6. The van der Waals surface area contributed by atoms with Gasteiger partial charge in [0.2, 0.25) is 11.3 Å². The third-order valence-corrected chi connectivity index (χ3v) is 8.35. The van der Waals surface area contributed by atoms with Crippen LogP contribution in [0.3, 0.4) is 0 Å². The van der Waals surface area contributed by atoms with Crippen LogP contribution < -0.4 is 30.0 Å². The standard InChI is InChI=1S/C31H33FN4O9/c1-17(37)33-12-20-13-36(30(41)45-20)19-5-8-25(23(32)11-19)44-16-31(42)9-10-34(15-31)24-7-6-21-26(28(24)43-2)35(18-3-4-18)14-22(27(21)38)29(39)40/h5-8,11,14,18,20,42H,3-4,9-10,12-13,15-16H2,1-2H3,(H,33,37)(H,39,40). The van der Waals surface area contributed by atoms with E-state index in [0.29, 0.717) is 29.9 Å². The van der Waals surface area contributed by atoms with Gasteiger partial charge >= 0.3 is 12.1 Å². The van der Waals surface area contributed by atoms with Crippen LogP contribution in [0, 0.1) is 5.82 Å². The van der Waals surface area contributed by atoms with Gasteiger partial charge in [0.1, 0.15) is 23.9 Å². The number of benzene rings is 2. The largest absolute Gasteiger partial charge is 0.492 e. The number of carbonyl (C=O) groups excluding carboxylic acids is 2. The normalized spacial score (nSPS) is 21.2. The molecule has 45 heavy (non-hydrogen) atoms. The Hall–Kier alpha value is -4.85. The zero-order valence-electron chi connectivity index (χ0n) is 24.7. The van der Waals surface area contributed by atoms with Crippen molar-refractivity contribution in [2.45, 2.75) is 43.9 Å². The number of pyridine rings is 1. The van der Waals surface area contributed by atoms with Gasteiger partial charge in [-0.25, -0.2) is 14.0 Å². The van der Waals surface area contributed by atoms with Gasteiger partial charge in [0, 0.05) is 31.8 Å². The summed E-state index contributed by atoms with van der Waals surface area (Å²) in [6, 6.07) is 7.37. The Kier molecular flexibility index (Phi) is 7.77. The van der Waals surface area contributed by atoms with Crippen molar-refractivity contribution in [2.75, 3.05) is 49.7 Å². The molecule has 2 unspecified atom stereocenters. The number of fused-ring (bicyclic) bond motifs is 1. The van der Waals surface area contributed by atoms with Gasteiger partial charge in [-0.2, -0.15) is 0 Å². The molecule has 6 rings (SSSR count). The highest BCUT2D eigenvalue weighted by Gasteiger charge is 2.39. The predicted octanol–water partition coefficient (Wildman–Crippen LogP) is 2.66. The van der Waals surface area contributed by atoms with Gasteiger partial charge in [0.05, 0.1) is 49.0 Å². The van der Waals surface area contributed by atoms with Crippen molar-refractivity contribution in [1.29, 1.82) is 0 Å². The van der Waals surface area contributed by atoms with E-state index in [1.165, 1.54) is 37.3 Å². The number of aromatic nitrogens is 1. The van der Waals surface area contributed by atoms with Gasteiger partial charge in [-0.05, 0) is 43.5 Å². The van der Waals surface area contributed by atoms with Crippen LogP contribution in [0.2, 0.25) is 0 Å². The Morgan fingerprint density at radius 1 is 1.20 bits per heavy atom. The van der Waals surface area contributed by atoms with Gasteiger partial charge in [0.25, 0.3) is 0 Å². The van der Waals surface area contributed by atoms with Gasteiger partial charge in [-0.1, -0.05) is 0 Å². The highest BCUT2D eigenvalue weighted by molar-refractivity contribution is 5.97. The number of aliphatic hydroxyl groups is 1. The van der Waals surface area contributed by atoms with Crippen molar-refractivity contribution in [1.82, 2.24) is 9.88 Å². The summed E-state index contributed by atoms with van der Waals surface area (Å²) < 4.78 is 33.6. The summed E-state index contributed by atoms with van der Waals surface area (Å²) >= 11 is 0. The molecule has 2 amide bonds. The number of carboxylic acid groups (broad SMARTS) is 1. The molecule has 13 nitrogen and oxygen atoms in total. The van der Waals surface area contributed by atoms with Crippen LogP contribution in [0.5, 0.6) is 11.5 Å². The lowest BCUT2D eigenvalue weighted by Crippen LogP contribution is -2.39. The van der Waals surface area contributed by atoms with Gasteiger partial charge in [-0.15, -0.1) is 0 Å². The Labute approximate surface area is 256 Å². The first-order chi connectivity index (χ1) is 21.5. The number of rotatable bonds is 10.